The standard InChI is InChI=1S/C14H16/c1-11(2)12(3)10-13(4)14-8-6-5-7-9-14/h5-10H,1,4H2,2-3H3. The van der Waals surface area contributed by atoms with Gasteiger partial charge in [-0.05, 0) is 30.6 Å². The van der Waals surface area contributed by atoms with E-state index < -0.39 is 0 Å². The van der Waals surface area contributed by atoms with Crippen molar-refractivity contribution in [3.05, 3.63) is 66.3 Å². The highest BCUT2D eigenvalue weighted by Crippen LogP contribution is 2.17. The van der Waals surface area contributed by atoms with Crippen LogP contribution in [0.5, 0.6) is 0 Å². The van der Waals surface area contributed by atoms with Gasteiger partial charge in [-0.2, -0.15) is 0 Å². The molecule has 1 aromatic rings. The van der Waals surface area contributed by atoms with E-state index in [0.717, 1.165) is 16.7 Å². The summed E-state index contributed by atoms with van der Waals surface area (Å²) in [6.45, 7) is 12.0. The molecule has 14 heavy (non-hydrogen) atoms. The fourth-order valence-electron chi connectivity index (χ4n) is 1.12. The molecular formula is C14H16. The Morgan fingerprint density at radius 3 is 2.14 bits per heavy atom. The van der Waals surface area contributed by atoms with Gasteiger partial charge in [0, 0.05) is 0 Å². The van der Waals surface area contributed by atoms with Crippen LogP contribution in [0, 0.1) is 0 Å². The van der Waals surface area contributed by atoms with Crippen LogP contribution in [-0.2, 0) is 0 Å². The van der Waals surface area contributed by atoms with Crippen molar-refractivity contribution in [2.45, 2.75) is 13.8 Å². The first-order valence-electron chi connectivity index (χ1n) is 4.70. The molecule has 0 atom stereocenters. The SMILES string of the molecule is C=C(C)C(C)=CC(=C)c1ccccc1. The fourth-order valence-corrected chi connectivity index (χ4v) is 1.12. The summed E-state index contributed by atoms with van der Waals surface area (Å²) in [5, 5.41) is 0. The van der Waals surface area contributed by atoms with Crippen molar-refractivity contribution in [2.75, 3.05) is 0 Å². The lowest BCUT2D eigenvalue weighted by atomic mass is 10.0. The molecule has 0 saturated carbocycles. The summed E-state index contributed by atoms with van der Waals surface area (Å²) >= 11 is 0. The Morgan fingerprint density at radius 1 is 1.07 bits per heavy atom. The minimum atomic E-state index is 1.03. The van der Waals surface area contributed by atoms with Gasteiger partial charge in [-0.3, -0.25) is 0 Å². The van der Waals surface area contributed by atoms with E-state index in [1.165, 1.54) is 5.57 Å². The molecule has 0 N–H and O–H groups in total. The highest BCUT2D eigenvalue weighted by atomic mass is 14.0. The summed E-state index contributed by atoms with van der Waals surface area (Å²) in [5.74, 6) is 0. The van der Waals surface area contributed by atoms with Crippen molar-refractivity contribution in [1.82, 2.24) is 0 Å². The normalized spacial score (nSPS) is 11.1. The summed E-state index contributed by atoms with van der Waals surface area (Å²) in [4.78, 5) is 0. The zero-order chi connectivity index (χ0) is 10.6. The van der Waals surface area contributed by atoms with Crippen molar-refractivity contribution < 1.29 is 0 Å². The first kappa shape index (κ1) is 10.5. The van der Waals surface area contributed by atoms with Crippen LogP contribution in [0.4, 0.5) is 0 Å². The Hall–Kier alpha value is -1.56. The summed E-state index contributed by atoms with van der Waals surface area (Å²) in [7, 11) is 0. The Morgan fingerprint density at radius 2 is 1.64 bits per heavy atom. The van der Waals surface area contributed by atoms with Gasteiger partial charge in [0.1, 0.15) is 0 Å². The van der Waals surface area contributed by atoms with Crippen molar-refractivity contribution in [3.63, 3.8) is 0 Å². The minimum absolute atomic E-state index is 1.03. The molecule has 0 bridgehead atoms. The van der Waals surface area contributed by atoms with Crippen molar-refractivity contribution in [2.24, 2.45) is 0 Å². The van der Waals surface area contributed by atoms with Crippen LogP contribution in [0.2, 0.25) is 0 Å². The fraction of sp³-hybridized carbons (Fsp3) is 0.143. The van der Waals surface area contributed by atoms with E-state index in [1.54, 1.807) is 0 Å². The lowest BCUT2D eigenvalue weighted by molar-refractivity contribution is 1.36. The Bertz CT molecular complexity index is 366. The van der Waals surface area contributed by atoms with Gasteiger partial charge in [-0.1, -0.05) is 55.1 Å². The molecule has 0 saturated heterocycles. The summed E-state index contributed by atoms with van der Waals surface area (Å²) < 4.78 is 0. The average Bonchev–Trinajstić information content (AvgIpc) is 2.19. The van der Waals surface area contributed by atoms with Gasteiger partial charge in [-0.15, -0.1) is 0 Å². The number of allylic oxidation sites excluding steroid dienone is 4. The number of hydrogen-bond donors (Lipinski definition) is 0. The topological polar surface area (TPSA) is 0 Å². The molecule has 0 amide bonds. The van der Waals surface area contributed by atoms with Gasteiger partial charge in [0.15, 0.2) is 0 Å². The number of rotatable bonds is 3. The second-order valence-corrected chi connectivity index (χ2v) is 3.50. The van der Waals surface area contributed by atoms with Crippen molar-refractivity contribution in [3.8, 4) is 0 Å². The van der Waals surface area contributed by atoms with Gasteiger partial charge in [0.25, 0.3) is 0 Å². The molecule has 0 heterocycles. The molecule has 0 radical (unpaired) electrons. The van der Waals surface area contributed by atoms with E-state index in [1.807, 2.05) is 25.1 Å². The zero-order valence-electron chi connectivity index (χ0n) is 8.88. The molecule has 0 aliphatic rings. The Labute approximate surface area is 86.3 Å². The highest BCUT2D eigenvalue weighted by molar-refractivity contribution is 5.73. The van der Waals surface area contributed by atoms with E-state index in [4.69, 9.17) is 0 Å². The smallest absolute Gasteiger partial charge is 0.0190 e. The summed E-state index contributed by atoms with van der Waals surface area (Å²) in [6, 6.07) is 10.2. The lowest BCUT2D eigenvalue weighted by Gasteiger charge is -2.03. The molecule has 0 heteroatoms. The molecule has 0 aromatic heterocycles. The van der Waals surface area contributed by atoms with Crippen molar-refractivity contribution >= 4 is 5.57 Å². The van der Waals surface area contributed by atoms with Crippen LogP contribution < -0.4 is 0 Å². The maximum Gasteiger partial charge on any atom is -0.0190 e. The molecule has 0 nitrogen and oxygen atoms in total. The third-order valence-corrected chi connectivity index (χ3v) is 2.21. The highest BCUT2D eigenvalue weighted by Gasteiger charge is 1.95. The molecule has 1 aromatic carbocycles. The van der Waals surface area contributed by atoms with Gasteiger partial charge < -0.3 is 0 Å². The van der Waals surface area contributed by atoms with E-state index >= 15 is 0 Å². The van der Waals surface area contributed by atoms with Crippen LogP contribution >= 0.6 is 0 Å². The Kier molecular flexibility index (Phi) is 3.47. The minimum Gasteiger partial charge on any atom is -0.0958 e. The van der Waals surface area contributed by atoms with Gasteiger partial charge in [0.2, 0.25) is 0 Å². The van der Waals surface area contributed by atoms with E-state index in [9.17, 15) is 0 Å². The monoisotopic (exact) mass is 184 g/mol. The van der Waals surface area contributed by atoms with Crippen LogP contribution in [0.3, 0.4) is 0 Å². The lowest BCUT2D eigenvalue weighted by Crippen LogP contribution is -1.81. The van der Waals surface area contributed by atoms with Crippen LogP contribution in [0.1, 0.15) is 19.4 Å². The van der Waals surface area contributed by atoms with E-state index in [2.05, 4.69) is 38.3 Å². The summed E-state index contributed by atoms with van der Waals surface area (Å²) in [5.41, 5.74) is 4.46. The third kappa shape index (κ3) is 2.74. The predicted molar refractivity (Wildman–Crippen MR) is 64.0 cm³/mol. The van der Waals surface area contributed by atoms with E-state index in [0.29, 0.717) is 0 Å². The average molecular weight is 184 g/mol. The quantitative estimate of drug-likeness (QED) is 0.617. The maximum absolute atomic E-state index is 4.03. The van der Waals surface area contributed by atoms with Crippen molar-refractivity contribution in [1.29, 1.82) is 0 Å². The zero-order valence-corrected chi connectivity index (χ0v) is 8.88. The van der Waals surface area contributed by atoms with Crippen LogP contribution in [0.15, 0.2) is 60.7 Å². The number of hydrogen-bond acceptors (Lipinski definition) is 0. The number of benzene rings is 1. The second kappa shape index (κ2) is 4.61. The van der Waals surface area contributed by atoms with Gasteiger partial charge in [-0.25, -0.2) is 0 Å². The molecular weight excluding hydrogens is 168 g/mol. The maximum atomic E-state index is 4.03. The molecule has 1 rings (SSSR count). The van der Waals surface area contributed by atoms with E-state index in [-0.39, 0.29) is 0 Å². The second-order valence-electron chi connectivity index (χ2n) is 3.50. The van der Waals surface area contributed by atoms with Crippen LogP contribution in [0.25, 0.3) is 5.57 Å². The Balaban J connectivity index is 2.88. The molecule has 0 unspecified atom stereocenters. The van der Waals surface area contributed by atoms with Crippen LogP contribution in [-0.4, -0.2) is 0 Å². The molecule has 0 aliphatic heterocycles. The third-order valence-electron chi connectivity index (χ3n) is 2.21. The summed E-state index contributed by atoms with van der Waals surface area (Å²) in [6.07, 6.45) is 2.07. The molecule has 0 fully saturated rings. The molecule has 0 spiro atoms. The first-order chi connectivity index (χ1) is 6.61. The first-order valence-corrected chi connectivity index (χ1v) is 4.70. The molecule has 72 valence electrons. The predicted octanol–water partition coefficient (Wildman–Crippen LogP) is 4.22. The molecule has 0 aliphatic carbocycles. The van der Waals surface area contributed by atoms with Gasteiger partial charge >= 0.3 is 0 Å². The van der Waals surface area contributed by atoms with Gasteiger partial charge in [0.05, 0.1) is 0 Å². The largest absolute Gasteiger partial charge is 0.0958 e.